The fourth-order valence-electron chi connectivity index (χ4n) is 2.50. The van der Waals surface area contributed by atoms with Crippen LogP contribution in [0.2, 0.25) is 0 Å². The minimum Gasteiger partial charge on any atom is -0.325 e. The topological polar surface area (TPSA) is 66.5 Å². The molecule has 0 saturated carbocycles. The summed E-state index contributed by atoms with van der Waals surface area (Å²) in [6, 6.07) is 12.3. The first-order valence-corrected chi connectivity index (χ1v) is 9.57. The van der Waals surface area contributed by atoms with E-state index in [-0.39, 0.29) is 35.7 Å². The van der Waals surface area contributed by atoms with Gasteiger partial charge in [-0.1, -0.05) is 15.9 Å². The van der Waals surface area contributed by atoms with E-state index in [1.165, 1.54) is 24.3 Å². The summed E-state index contributed by atoms with van der Waals surface area (Å²) in [7, 11) is 0. The Hall–Kier alpha value is -2.19. The van der Waals surface area contributed by atoms with Crippen molar-refractivity contribution in [2.75, 3.05) is 16.0 Å². The van der Waals surface area contributed by atoms with Crippen molar-refractivity contribution in [1.29, 1.82) is 0 Å². The fourth-order valence-corrected chi connectivity index (χ4v) is 3.70. The van der Waals surface area contributed by atoms with Gasteiger partial charge in [-0.2, -0.15) is 0 Å². The van der Waals surface area contributed by atoms with E-state index in [1.807, 2.05) is 0 Å². The predicted octanol–water partition coefficient (Wildman–Crippen LogP) is 3.59. The minimum absolute atomic E-state index is 0.0231. The van der Waals surface area contributed by atoms with Gasteiger partial charge in [0.1, 0.15) is 5.82 Å². The third kappa shape index (κ3) is 4.31. The third-order valence-electron chi connectivity index (χ3n) is 3.73. The Morgan fingerprint density at radius 1 is 1.15 bits per heavy atom. The van der Waals surface area contributed by atoms with Gasteiger partial charge >= 0.3 is 0 Å². The van der Waals surface area contributed by atoms with Crippen LogP contribution in [0.1, 0.15) is 6.42 Å². The summed E-state index contributed by atoms with van der Waals surface area (Å²) in [5.74, 6) is -1.29. The first-order chi connectivity index (χ1) is 12.4. The molecule has 0 aromatic heterocycles. The third-order valence-corrected chi connectivity index (χ3v) is 5.46. The number of carbonyl (C=O) groups excluding carboxylic acids is 3. The maximum Gasteiger partial charge on any atom is 0.247 e. The van der Waals surface area contributed by atoms with Crippen molar-refractivity contribution < 1.29 is 18.8 Å². The Morgan fingerprint density at radius 3 is 2.46 bits per heavy atom. The van der Waals surface area contributed by atoms with E-state index >= 15 is 0 Å². The molecule has 1 atom stereocenters. The number of benzene rings is 2. The van der Waals surface area contributed by atoms with Gasteiger partial charge in [0.05, 0.1) is 16.7 Å². The van der Waals surface area contributed by atoms with Crippen molar-refractivity contribution in [3.05, 3.63) is 58.8 Å². The first kappa shape index (κ1) is 18.6. The Morgan fingerprint density at radius 2 is 1.81 bits per heavy atom. The van der Waals surface area contributed by atoms with Crippen molar-refractivity contribution in [3.63, 3.8) is 0 Å². The number of thioether (sulfide) groups is 1. The van der Waals surface area contributed by atoms with Gasteiger partial charge in [0, 0.05) is 16.6 Å². The van der Waals surface area contributed by atoms with Crippen LogP contribution < -0.4 is 10.2 Å². The number of nitrogens with one attached hydrogen (secondary N) is 1. The van der Waals surface area contributed by atoms with Gasteiger partial charge in [0.25, 0.3) is 0 Å². The van der Waals surface area contributed by atoms with Crippen molar-refractivity contribution >= 4 is 56.8 Å². The molecule has 1 heterocycles. The maximum absolute atomic E-state index is 12.9. The minimum atomic E-state index is -0.592. The molecule has 1 fully saturated rings. The van der Waals surface area contributed by atoms with Gasteiger partial charge in [0.15, 0.2) is 0 Å². The van der Waals surface area contributed by atoms with Crippen molar-refractivity contribution in [1.82, 2.24) is 0 Å². The highest BCUT2D eigenvalue weighted by atomic mass is 79.9. The Bertz CT molecular complexity index is 843. The molecule has 2 aromatic rings. The molecule has 1 aliphatic heterocycles. The number of hydrogen-bond donors (Lipinski definition) is 1. The van der Waals surface area contributed by atoms with E-state index in [2.05, 4.69) is 21.2 Å². The highest BCUT2D eigenvalue weighted by molar-refractivity contribution is 9.10. The number of anilines is 2. The predicted molar refractivity (Wildman–Crippen MR) is 103 cm³/mol. The van der Waals surface area contributed by atoms with Gasteiger partial charge in [-0.25, -0.2) is 9.29 Å². The lowest BCUT2D eigenvalue weighted by Crippen LogP contribution is -2.31. The Balaban J connectivity index is 1.57. The molecule has 2 aromatic carbocycles. The van der Waals surface area contributed by atoms with Gasteiger partial charge in [-0.05, 0) is 48.5 Å². The van der Waals surface area contributed by atoms with Crippen LogP contribution in [-0.2, 0) is 14.4 Å². The number of nitrogens with zero attached hydrogens (tertiary/aromatic N) is 1. The van der Waals surface area contributed by atoms with E-state index in [9.17, 15) is 18.8 Å². The molecule has 1 N–H and O–H groups in total. The van der Waals surface area contributed by atoms with Crippen LogP contribution in [0.5, 0.6) is 0 Å². The van der Waals surface area contributed by atoms with Crippen LogP contribution >= 0.6 is 27.7 Å². The Labute approximate surface area is 162 Å². The number of imide groups is 1. The lowest BCUT2D eigenvalue weighted by Gasteiger charge is -2.15. The number of hydrogen-bond acceptors (Lipinski definition) is 4. The average molecular weight is 437 g/mol. The van der Waals surface area contributed by atoms with Crippen LogP contribution in [-0.4, -0.2) is 28.7 Å². The SMILES string of the molecule is O=C(CS[C@@H]1CC(=O)N(c2ccc(Br)cc2)C1=O)Nc1ccc(F)cc1. The number of amides is 3. The zero-order chi connectivity index (χ0) is 18.7. The summed E-state index contributed by atoms with van der Waals surface area (Å²) >= 11 is 4.43. The second kappa shape index (κ2) is 8.01. The van der Waals surface area contributed by atoms with Crippen LogP contribution in [0.4, 0.5) is 15.8 Å². The highest BCUT2D eigenvalue weighted by Crippen LogP contribution is 2.30. The summed E-state index contributed by atoms with van der Waals surface area (Å²) in [4.78, 5) is 37.8. The fraction of sp³-hybridized carbons (Fsp3) is 0.167. The lowest BCUT2D eigenvalue weighted by atomic mass is 10.3. The van der Waals surface area contributed by atoms with E-state index < -0.39 is 5.25 Å². The van der Waals surface area contributed by atoms with Crippen molar-refractivity contribution in [3.8, 4) is 0 Å². The second-order valence-electron chi connectivity index (χ2n) is 5.60. The molecule has 26 heavy (non-hydrogen) atoms. The molecular weight excluding hydrogens is 423 g/mol. The van der Waals surface area contributed by atoms with Crippen LogP contribution in [0.25, 0.3) is 0 Å². The molecule has 0 spiro atoms. The molecular formula is C18H14BrFN2O3S. The van der Waals surface area contributed by atoms with Crippen LogP contribution in [0, 0.1) is 5.82 Å². The smallest absolute Gasteiger partial charge is 0.247 e. The molecule has 5 nitrogen and oxygen atoms in total. The number of halogens is 2. The molecule has 0 unspecified atom stereocenters. The van der Waals surface area contributed by atoms with Crippen LogP contribution in [0.15, 0.2) is 53.0 Å². The summed E-state index contributed by atoms with van der Waals surface area (Å²) < 4.78 is 13.7. The van der Waals surface area contributed by atoms with Crippen molar-refractivity contribution in [2.24, 2.45) is 0 Å². The molecule has 134 valence electrons. The highest BCUT2D eigenvalue weighted by Gasteiger charge is 2.40. The quantitative estimate of drug-likeness (QED) is 0.727. The zero-order valence-corrected chi connectivity index (χ0v) is 15.8. The molecule has 0 aliphatic carbocycles. The number of rotatable bonds is 5. The largest absolute Gasteiger partial charge is 0.325 e. The van der Waals surface area contributed by atoms with E-state index in [0.29, 0.717) is 11.4 Å². The maximum atomic E-state index is 12.9. The van der Waals surface area contributed by atoms with Gasteiger partial charge < -0.3 is 5.32 Å². The monoisotopic (exact) mass is 436 g/mol. The lowest BCUT2D eigenvalue weighted by molar-refractivity contribution is -0.121. The van der Waals surface area contributed by atoms with E-state index in [4.69, 9.17) is 0 Å². The zero-order valence-electron chi connectivity index (χ0n) is 13.4. The molecule has 8 heteroatoms. The van der Waals surface area contributed by atoms with Crippen LogP contribution in [0.3, 0.4) is 0 Å². The summed E-state index contributed by atoms with van der Waals surface area (Å²) in [6.45, 7) is 0. The molecule has 1 saturated heterocycles. The first-order valence-electron chi connectivity index (χ1n) is 7.73. The normalized spacial score (nSPS) is 16.8. The summed E-state index contributed by atoms with van der Waals surface area (Å²) in [5.41, 5.74) is 0.990. The second-order valence-corrected chi connectivity index (χ2v) is 7.71. The number of carbonyl (C=O) groups is 3. The molecule has 0 radical (unpaired) electrons. The van der Waals surface area contributed by atoms with E-state index in [1.54, 1.807) is 24.3 Å². The average Bonchev–Trinajstić information content (AvgIpc) is 2.90. The molecule has 3 rings (SSSR count). The van der Waals surface area contributed by atoms with Gasteiger partial charge in [-0.3, -0.25) is 14.4 Å². The van der Waals surface area contributed by atoms with Gasteiger partial charge in [0.2, 0.25) is 17.7 Å². The molecule has 0 bridgehead atoms. The van der Waals surface area contributed by atoms with Gasteiger partial charge in [-0.15, -0.1) is 11.8 Å². The van der Waals surface area contributed by atoms with E-state index in [0.717, 1.165) is 21.1 Å². The molecule has 1 aliphatic rings. The van der Waals surface area contributed by atoms with Crippen molar-refractivity contribution in [2.45, 2.75) is 11.7 Å². The molecule has 3 amide bonds. The standard InChI is InChI=1S/C18H14BrFN2O3S/c19-11-1-7-14(8-2-11)22-17(24)9-15(18(22)25)26-10-16(23)21-13-5-3-12(20)4-6-13/h1-8,15H,9-10H2,(H,21,23)/t15-/m1/s1. The summed E-state index contributed by atoms with van der Waals surface area (Å²) in [5, 5.41) is 2.03. The Kier molecular flexibility index (Phi) is 5.73. The summed E-state index contributed by atoms with van der Waals surface area (Å²) in [6.07, 6.45) is 0.0589.